The minimum absolute atomic E-state index is 0.0141. The first-order valence-electron chi connectivity index (χ1n) is 7.66. The van der Waals surface area contributed by atoms with Crippen LogP contribution in [0.1, 0.15) is 24.3 Å². The summed E-state index contributed by atoms with van der Waals surface area (Å²) in [5, 5.41) is 0. The lowest BCUT2D eigenvalue weighted by atomic mass is 10.1. The number of halogens is 1. The summed E-state index contributed by atoms with van der Waals surface area (Å²) in [6.45, 7) is 1.18. The average Bonchev–Trinajstić information content (AvgIpc) is 3.35. The lowest BCUT2D eigenvalue weighted by Crippen LogP contribution is -2.37. The van der Waals surface area contributed by atoms with Crippen molar-refractivity contribution in [3.63, 3.8) is 0 Å². The maximum atomic E-state index is 13.0. The van der Waals surface area contributed by atoms with E-state index in [2.05, 4.69) is 4.74 Å². The molecular weight excluding hydrogens is 301 g/mol. The van der Waals surface area contributed by atoms with Gasteiger partial charge in [0.2, 0.25) is 5.91 Å². The van der Waals surface area contributed by atoms with Crippen LogP contribution in [0.3, 0.4) is 0 Å². The summed E-state index contributed by atoms with van der Waals surface area (Å²) in [7, 11) is 2.90. The molecule has 2 unspecified atom stereocenters. The average molecular weight is 323 g/mol. The molecule has 0 bridgehead atoms. The molecule has 1 aromatic carbocycles. The molecular formula is C17H22FNO4. The van der Waals surface area contributed by atoms with Gasteiger partial charge < -0.3 is 14.4 Å². The molecule has 0 aliphatic heterocycles. The van der Waals surface area contributed by atoms with Crippen molar-refractivity contribution in [2.24, 2.45) is 5.92 Å². The van der Waals surface area contributed by atoms with Crippen LogP contribution in [0.2, 0.25) is 0 Å². The molecule has 1 fully saturated rings. The molecule has 0 heterocycles. The number of carbonyl (C=O) groups is 2. The SMILES string of the molecule is COCCN(CCC(=O)OC)C(=O)C1CC1c1ccc(F)cc1. The molecule has 2 atom stereocenters. The van der Waals surface area contributed by atoms with Crippen LogP contribution in [-0.4, -0.2) is 50.7 Å². The van der Waals surface area contributed by atoms with Gasteiger partial charge in [0.15, 0.2) is 0 Å². The van der Waals surface area contributed by atoms with E-state index in [0.29, 0.717) is 19.7 Å². The second-order valence-corrected chi connectivity index (χ2v) is 5.64. The molecule has 1 aromatic rings. The van der Waals surface area contributed by atoms with E-state index in [1.807, 2.05) is 0 Å². The molecule has 1 aliphatic carbocycles. The summed E-state index contributed by atoms with van der Waals surface area (Å²) in [5.41, 5.74) is 0.976. The van der Waals surface area contributed by atoms with Crippen LogP contribution >= 0.6 is 0 Å². The molecule has 126 valence electrons. The number of benzene rings is 1. The molecule has 0 N–H and O–H groups in total. The monoisotopic (exact) mass is 323 g/mol. The van der Waals surface area contributed by atoms with E-state index < -0.39 is 0 Å². The Morgan fingerprint density at radius 1 is 1.22 bits per heavy atom. The van der Waals surface area contributed by atoms with Crippen molar-refractivity contribution in [2.45, 2.75) is 18.8 Å². The molecule has 0 saturated heterocycles. The van der Waals surface area contributed by atoms with Crippen molar-refractivity contribution < 1.29 is 23.5 Å². The van der Waals surface area contributed by atoms with Gasteiger partial charge in [-0.3, -0.25) is 9.59 Å². The van der Waals surface area contributed by atoms with Crippen molar-refractivity contribution in [1.29, 1.82) is 0 Å². The first-order chi connectivity index (χ1) is 11.1. The fourth-order valence-corrected chi connectivity index (χ4v) is 2.64. The lowest BCUT2D eigenvalue weighted by molar-refractivity contribution is -0.142. The number of hydrogen-bond acceptors (Lipinski definition) is 4. The smallest absolute Gasteiger partial charge is 0.307 e. The second kappa shape index (κ2) is 8.06. The van der Waals surface area contributed by atoms with Gasteiger partial charge in [-0.25, -0.2) is 4.39 Å². The molecule has 23 heavy (non-hydrogen) atoms. The maximum absolute atomic E-state index is 13.0. The molecule has 0 spiro atoms. The summed E-state index contributed by atoms with van der Waals surface area (Å²) >= 11 is 0. The first-order valence-corrected chi connectivity index (χ1v) is 7.66. The summed E-state index contributed by atoms with van der Waals surface area (Å²) in [6.07, 6.45) is 0.923. The fraction of sp³-hybridized carbons (Fsp3) is 0.529. The highest BCUT2D eigenvalue weighted by atomic mass is 19.1. The molecule has 0 radical (unpaired) electrons. The zero-order valence-electron chi connectivity index (χ0n) is 13.5. The highest BCUT2D eigenvalue weighted by Gasteiger charge is 2.45. The number of nitrogens with zero attached hydrogens (tertiary/aromatic N) is 1. The molecule has 0 aromatic heterocycles. The van der Waals surface area contributed by atoms with E-state index in [1.165, 1.54) is 19.2 Å². The second-order valence-electron chi connectivity index (χ2n) is 5.64. The van der Waals surface area contributed by atoms with Crippen molar-refractivity contribution in [1.82, 2.24) is 4.90 Å². The fourth-order valence-electron chi connectivity index (χ4n) is 2.64. The van der Waals surface area contributed by atoms with Gasteiger partial charge in [0.1, 0.15) is 5.82 Å². The topological polar surface area (TPSA) is 55.8 Å². The van der Waals surface area contributed by atoms with Gasteiger partial charge in [0.05, 0.1) is 20.1 Å². The van der Waals surface area contributed by atoms with Gasteiger partial charge in [0, 0.05) is 26.1 Å². The van der Waals surface area contributed by atoms with Crippen LogP contribution in [0, 0.1) is 11.7 Å². The molecule has 6 heteroatoms. The van der Waals surface area contributed by atoms with Gasteiger partial charge in [-0.05, 0) is 30.0 Å². The summed E-state index contributed by atoms with van der Waals surface area (Å²) in [6, 6.07) is 6.27. The van der Waals surface area contributed by atoms with Crippen LogP contribution in [0.25, 0.3) is 0 Å². The van der Waals surface area contributed by atoms with Crippen molar-refractivity contribution in [3.05, 3.63) is 35.6 Å². The van der Waals surface area contributed by atoms with Crippen molar-refractivity contribution in [3.8, 4) is 0 Å². The number of amides is 1. The van der Waals surface area contributed by atoms with Gasteiger partial charge in [-0.2, -0.15) is 0 Å². The molecule has 1 amide bonds. The van der Waals surface area contributed by atoms with Crippen LogP contribution in [0.5, 0.6) is 0 Å². The Morgan fingerprint density at radius 2 is 1.91 bits per heavy atom. The standard InChI is InChI=1S/C17H22FNO4/c1-22-10-9-19(8-7-16(20)23-2)17(21)15-11-14(15)12-3-5-13(18)6-4-12/h3-6,14-15H,7-11H2,1-2H3. The van der Waals surface area contributed by atoms with Crippen LogP contribution < -0.4 is 0 Å². The van der Waals surface area contributed by atoms with Crippen LogP contribution in [-0.2, 0) is 19.1 Å². The number of hydrogen-bond donors (Lipinski definition) is 0. The Kier molecular flexibility index (Phi) is 6.10. The van der Waals surface area contributed by atoms with Gasteiger partial charge in [-0.1, -0.05) is 12.1 Å². The third-order valence-corrected chi connectivity index (χ3v) is 4.10. The Balaban J connectivity index is 1.94. The summed E-state index contributed by atoms with van der Waals surface area (Å²) in [5.74, 6) is -0.579. The van der Waals surface area contributed by atoms with Crippen molar-refractivity contribution in [2.75, 3.05) is 33.9 Å². The Morgan fingerprint density at radius 3 is 2.52 bits per heavy atom. The summed E-state index contributed by atoms with van der Waals surface area (Å²) in [4.78, 5) is 25.5. The van der Waals surface area contributed by atoms with Gasteiger partial charge in [0.25, 0.3) is 0 Å². The Hall–Kier alpha value is -1.95. The highest BCUT2D eigenvalue weighted by molar-refractivity contribution is 5.83. The van der Waals surface area contributed by atoms with Gasteiger partial charge >= 0.3 is 5.97 Å². The summed E-state index contributed by atoms with van der Waals surface area (Å²) < 4.78 is 22.6. The van der Waals surface area contributed by atoms with E-state index in [9.17, 15) is 14.0 Å². The number of esters is 1. The highest BCUT2D eigenvalue weighted by Crippen LogP contribution is 2.48. The zero-order valence-corrected chi connectivity index (χ0v) is 13.5. The predicted octanol–water partition coefficient (Wildman–Crippen LogP) is 1.97. The Labute approximate surface area is 135 Å². The number of methoxy groups -OCH3 is 2. The molecule has 1 saturated carbocycles. The quantitative estimate of drug-likeness (QED) is 0.686. The predicted molar refractivity (Wildman–Crippen MR) is 82.3 cm³/mol. The molecule has 2 rings (SSSR count). The largest absolute Gasteiger partial charge is 0.469 e. The van der Waals surface area contributed by atoms with E-state index in [0.717, 1.165) is 12.0 Å². The number of ether oxygens (including phenoxy) is 2. The Bertz CT molecular complexity index is 546. The van der Waals surface area contributed by atoms with E-state index >= 15 is 0 Å². The minimum atomic E-state index is -0.342. The first kappa shape index (κ1) is 17.4. The van der Waals surface area contributed by atoms with Crippen LogP contribution in [0.15, 0.2) is 24.3 Å². The third-order valence-electron chi connectivity index (χ3n) is 4.10. The third kappa shape index (κ3) is 4.76. The number of carbonyl (C=O) groups excluding carboxylic acids is 2. The van der Waals surface area contributed by atoms with Gasteiger partial charge in [-0.15, -0.1) is 0 Å². The van der Waals surface area contributed by atoms with E-state index in [1.54, 1.807) is 24.1 Å². The van der Waals surface area contributed by atoms with Crippen LogP contribution in [0.4, 0.5) is 4.39 Å². The zero-order chi connectivity index (χ0) is 16.8. The minimum Gasteiger partial charge on any atom is -0.469 e. The van der Waals surface area contributed by atoms with E-state index in [-0.39, 0.29) is 36.0 Å². The van der Waals surface area contributed by atoms with Crippen molar-refractivity contribution >= 4 is 11.9 Å². The molecule has 1 aliphatic rings. The van der Waals surface area contributed by atoms with E-state index in [4.69, 9.17) is 4.74 Å². The lowest BCUT2D eigenvalue weighted by Gasteiger charge is -2.22. The maximum Gasteiger partial charge on any atom is 0.307 e. The molecule has 5 nitrogen and oxygen atoms in total. The normalized spacial score (nSPS) is 19.3. The number of rotatable bonds is 8.